The molecule has 1 heterocycles. The minimum atomic E-state index is -0.508. The molecule has 1 N–H and O–H groups in total. The van der Waals surface area contributed by atoms with Crippen molar-refractivity contribution in [2.24, 2.45) is 4.99 Å². The van der Waals surface area contributed by atoms with Gasteiger partial charge in [-0.05, 0) is 48.0 Å². The lowest BCUT2D eigenvalue weighted by Crippen LogP contribution is -2.05. The third kappa shape index (κ3) is 3.70. The van der Waals surface area contributed by atoms with Crippen LogP contribution >= 0.6 is 11.6 Å². The van der Waals surface area contributed by atoms with Crippen LogP contribution < -0.4 is 5.32 Å². The monoisotopic (exact) mass is 340 g/mol. The van der Waals surface area contributed by atoms with Gasteiger partial charge in [-0.25, -0.2) is 9.79 Å². The molecule has 0 radical (unpaired) electrons. The van der Waals surface area contributed by atoms with E-state index in [1.807, 2.05) is 0 Å². The van der Waals surface area contributed by atoms with Gasteiger partial charge in [-0.2, -0.15) is 0 Å². The number of carbonyl (C=O) groups excluding carboxylic acids is 2. The van der Waals surface area contributed by atoms with E-state index in [1.165, 1.54) is 6.92 Å². The van der Waals surface area contributed by atoms with Crippen molar-refractivity contribution in [2.75, 3.05) is 5.32 Å². The molecule has 24 heavy (non-hydrogen) atoms. The SMILES string of the molecule is CC(=O)Nc1ccc(/C=C2/N=C(c3ccc(Cl)cc3)OC2=O)cc1. The second kappa shape index (κ2) is 6.68. The molecule has 2 aromatic carbocycles. The summed E-state index contributed by atoms with van der Waals surface area (Å²) in [5.41, 5.74) is 2.35. The van der Waals surface area contributed by atoms with Gasteiger partial charge in [0.05, 0.1) is 0 Å². The molecular weight excluding hydrogens is 328 g/mol. The van der Waals surface area contributed by atoms with Crippen LogP contribution in [0.2, 0.25) is 5.02 Å². The van der Waals surface area contributed by atoms with Crippen LogP contribution in [0, 0.1) is 0 Å². The van der Waals surface area contributed by atoms with Crippen LogP contribution in [0.3, 0.4) is 0 Å². The number of nitrogens with zero attached hydrogens (tertiary/aromatic N) is 1. The minimum absolute atomic E-state index is 0.141. The Balaban J connectivity index is 1.83. The van der Waals surface area contributed by atoms with Gasteiger partial charge < -0.3 is 10.1 Å². The lowest BCUT2D eigenvalue weighted by atomic mass is 10.1. The fourth-order valence-corrected chi connectivity index (χ4v) is 2.27. The molecule has 0 spiro atoms. The number of aliphatic imine (C=N–C) groups is 1. The van der Waals surface area contributed by atoms with Gasteiger partial charge in [0, 0.05) is 23.2 Å². The molecule has 120 valence electrons. The highest BCUT2D eigenvalue weighted by Crippen LogP contribution is 2.21. The molecule has 0 aliphatic carbocycles. The summed E-state index contributed by atoms with van der Waals surface area (Å²) in [6, 6.07) is 13.9. The topological polar surface area (TPSA) is 67.8 Å². The number of cyclic esters (lactones) is 1. The zero-order chi connectivity index (χ0) is 17.1. The summed E-state index contributed by atoms with van der Waals surface area (Å²) in [5, 5.41) is 3.27. The van der Waals surface area contributed by atoms with E-state index in [9.17, 15) is 9.59 Å². The maximum absolute atomic E-state index is 12.0. The van der Waals surface area contributed by atoms with Crippen LogP contribution in [-0.4, -0.2) is 17.8 Å². The summed E-state index contributed by atoms with van der Waals surface area (Å²) >= 11 is 5.84. The van der Waals surface area contributed by atoms with E-state index in [2.05, 4.69) is 10.3 Å². The number of halogens is 1. The number of benzene rings is 2. The first kappa shape index (κ1) is 16.0. The maximum Gasteiger partial charge on any atom is 0.363 e. The molecule has 1 amide bonds. The van der Waals surface area contributed by atoms with E-state index in [0.717, 1.165) is 5.56 Å². The van der Waals surface area contributed by atoms with Crippen molar-refractivity contribution in [3.05, 3.63) is 70.4 Å². The van der Waals surface area contributed by atoms with Crippen LogP contribution in [0.25, 0.3) is 6.08 Å². The predicted octanol–water partition coefficient (Wildman–Crippen LogP) is 3.64. The van der Waals surface area contributed by atoms with E-state index in [1.54, 1.807) is 54.6 Å². The maximum atomic E-state index is 12.0. The van der Waals surface area contributed by atoms with Gasteiger partial charge in [0.25, 0.3) is 0 Å². The molecule has 1 aliphatic heterocycles. The van der Waals surface area contributed by atoms with E-state index < -0.39 is 5.97 Å². The lowest BCUT2D eigenvalue weighted by molar-refractivity contribution is -0.129. The Kier molecular flexibility index (Phi) is 4.44. The zero-order valence-corrected chi connectivity index (χ0v) is 13.5. The predicted molar refractivity (Wildman–Crippen MR) is 92.8 cm³/mol. The number of anilines is 1. The third-order valence-electron chi connectivity index (χ3n) is 3.25. The van der Waals surface area contributed by atoms with E-state index in [-0.39, 0.29) is 17.5 Å². The summed E-state index contributed by atoms with van der Waals surface area (Å²) in [6.07, 6.45) is 1.63. The Hall–Kier alpha value is -2.92. The number of hydrogen-bond acceptors (Lipinski definition) is 4. The average molecular weight is 341 g/mol. The van der Waals surface area contributed by atoms with Crippen molar-refractivity contribution in [3.8, 4) is 0 Å². The Morgan fingerprint density at radius 1 is 1.12 bits per heavy atom. The zero-order valence-electron chi connectivity index (χ0n) is 12.7. The molecule has 0 unspecified atom stereocenters. The molecule has 5 nitrogen and oxygen atoms in total. The molecule has 0 saturated heterocycles. The molecule has 3 rings (SSSR count). The van der Waals surface area contributed by atoms with Gasteiger partial charge in [0.15, 0.2) is 5.70 Å². The summed E-state index contributed by atoms with van der Waals surface area (Å²) in [6.45, 7) is 1.44. The smallest absolute Gasteiger partial charge is 0.363 e. The van der Waals surface area contributed by atoms with E-state index in [0.29, 0.717) is 16.3 Å². The quantitative estimate of drug-likeness (QED) is 0.685. The number of esters is 1. The Labute approximate surface area is 143 Å². The lowest BCUT2D eigenvalue weighted by Gasteiger charge is -2.01. The van der Waals surface area contributed by atoms with Crippen molar-refractivity contribution in [3.63, 3.8) is 0 Å². The van der Waals surface area contributed by atoms with Gasteiger partial charge in [0.2, 0.25) is 11.8 Å². The van der Waals surface area contributed by atoms with Crippen molar-refractivity contribution < 1.29 is 14.3 Å². The van der Waals surface area contributed by atoms with Gasteiger partial charge in [-0.1, -0.05) is 23.7 Å². The van der Waals surface area contributed by atoms with E-state index >= 15 is 0 Å². The fraction of sp³-hybridized carbons (Fsp3) is 0.0556. The van der Waals surface area contributed by atoms with Gasteiger partial charge >= 0.3 is 5.97 Å². The van der Waals surface area contributed by atoms with Crippen LogP contribution in [0.4, 0.5) is 5.69 Å². The van der Waals surface area contributed by atoms with Gasteiger partial charge in [0.1, 0.15) is 0 Å². The highest BCUT2D eigenvalue weighted by molar-refractivity contribution is 6.30. The van der Waals surface area contributed by atoms with Crippen molar-refractivity contribution in [1.82, 2.24) is 0 Å². The average Bonchev–Trinajstić information content (AvgIpc) is 2.90. The number of carbonyl (C=O) groups is 2. The molecule has 1 aliphatic rings. The standard InChI is InChI=1S/C18H13ClN2O3/c1-11(22)20-15-8-2-12(3-9-15)10-16-18(23)24-17(21-16)13-4-6-14(19)7-5-13/h2-10H,1H3,(H,20,22)/b16-10+. The molecule has 0 aromatic heterocycles. The number of ether oxygens (including phenoxy) is 1. The fourth-order valence-electron chi connectivity index (χ4n) is 2.15. The van der Waals surface area contributed by atoms with Crippen molar-refractivity contribution >= 4 is 41.1 Å². The highest BCUT2D eigenvalue weighted by atomic mass is 35.5. The first-order chi connectivity index (χ1) is 11.5. The molecule has 0 bridgehead atoms. The molecule has 0 fully saturated rings. The summed E-state index contributed by atoms with van der Waals surface area (Å²) in [4.78, 5) is 27.2. The Bertz CT molecular complexity index is 853. The van der Waals surface area contributed by atoms with Gasteiger partial charge in [-0.15, -0.1) is 0 Å². The van der Waals surface area contributed by atoms with Crippen LogP contribution in [0.15, 0.2) is 59.2 Å². The number of hydrogen-bond donors (Lipinski definition) is 1. The number of nitrogens with one attached hydrogen (secondary N) is 1. The van der Waals surface area contributed by atoms with Crippen molar-refractivity contribution in [1.29, 1.82) is 0 Å². The number of amides is 1. The molecule has 0 saturated carbocycles. The summed E-state index contributed by atoms with van der Waals surface area (Å²) < 4.78 is 5.19. The molecule has 6 heteroatoms. The molecule has 2 aromatic rings. The normalized spacial score (nSPS) is 15.2. The minimum Gasteiger partial charge on any atom is -0.402 e. The van der Waals surface area contributed by atoms with Crippen LogP contribution in [0.5, 0.6) is 0 Å². The first-order valence-corrected chi connectivity index (χ1v) is 7.55. The first-order valence-electron chi connectivity index (χ1n) is 7.17. The summed E-state index contributed by atoms with van der Waals surface area (Å²) in [7, 11) is 0. The Morgan fingerprint density at radius 3 is 2.42 bits per heavy atom. The second-order valence-corrected chi connectivity index (χ2v) is 5.58. The largest absolute Gasteiger partial charge is 0.402 e. The van der Waals surface area contributed by atoms with Crippen molar-refractivity contribution in [2.45, 2.75) is 6.92 Å². The van der Waals surface area contributed by atoms with Crippen LogP contribution in [-0.2, 0) is 14.3 Å². The van der Waals surface area contributed by atoms with Crippen LogP contribution in [0.1, 0.15) is 18.1 Å². The molecule has 0 atom stereocenters. The molecular formula is C18H13ClN2O3. The van der Waals surface area contributed by atoms with Gasteiger partial charge in [-0.3, -0.25) is 4.79 Å². The highest BCUT2D eigenvalue weighted by Gasteiger charge is 2.23. The van der Waals surface area contributed by atoms with E-state index in [4.69, 9.17) is 16.3 Å². The second-order valence-electron chi connectivity index (χ2n) is 5.15. The number of rotatable bonds is 3. The Morgan fingerprint density at radius 2 is 1.79 bits per heavy atom. The third-order valence-corrected chi connectivity index (χ3v) is 3.50. The summed E-state index contributed by atoms with van der Waals surface area (Å²) in [5.74, 6) is -0.402.